The zero-order valence-corrected chi connectivity index (χ0v) is 15.0. The van der Waals surface area contributed by atoms with Crippen LogP contribution < -0.4 is 0 Å². The number of aliphatic hydroxyl groups excluding tert-OH is 2. The zero-order valence-electron chi connectivity index (χ0n) is 13.5. The number of nitrogens with zero attached hydrogens (tertiary/aromatic N) is 2. The van der Waals surface area contributed by atoms with Gasteiger partial charge in [0, 0.05) is 12.1 Å². The van der Waals surface area contributed by atoms with Crippen molar-refractivity contribution in [2.45, 2.75) is 30.7 Å². The topological polar surface area (TPSA) is 77.1 Å². The normalized spacial score (nSPS) is 27.7. The number of hydrazine groups is 1. The van der Waals surface area contributed by atoms with Crippen LogP contribution >= 0.6 is 23.4 Å². The van der Waals surface area contributed by atoms with Crippen molar-refractivity contribution in [3.05, 3.63) is 47.7 Å². The van der Waals surface area contributed by atoms with Crippen LogP contribution in [0.1, 0.15) is 24.1 Å². The summed E-state index contributed by atoms with van der Waals surface area (Å²) in [6, 6.07) is 7.94. The Labute approximate surface area is 155 Å². The Bertz CT molecular complexity index is 755. The van der Waals surface area contributed by atoms with Gasteiger partial charge in [0.1, 0.15) is 18.3 Å². The van der Waals surface area contributed by atoms with Gasteiger partial charge in [-0.05, 0) is 35.0 Å². The highest BCUT2D eigenvalue weighted by molar-refractivity contribution is 6.33. The highest BCUT2D eigenvalue weighted by Gasteiger charge is 2.58. The van der Waals surface area contributed by atoms with E-state index in [1.54, 1.807) is 37.3 Å². The third-order valence-corrected chi connectivity index (χ3v) is 5.39. The van der Waals surface area contributed by atoms with Crippen LogP contribution in [0.2, 0.25) is 0 Å². The Morgan fingerprint density at radius 3 is 2.68 bits per heavy atom. The molecular formula is C17H18Cl2N2O4. The van der Waals surface area contributed by atoms with Crippen molar-refractivity contribution in [2.75, 3.05) is 6.54 Å². The molecule has 2 heterocycles. The molecule has 2 N–H and O–H groups in total. The summed E-state index contributed by atoms with van der Waals surface area (Å²) in [6.45, 7) is 1.84. The van der Waals surface area contributed by atoms with Gasteiger partial charge in [0.25, 0.3) is 0 Å². The molecule has 1 aliphatic heterocycles. The number of carbonyl (C=O) groups is 1. The van der Waals surface area contributed by atoms with E-state index in [1.165, 1.54) is 15.8 Å². The summed E-state index contributed by atoms with van der Waals surface area (Å²) in [6.07, 6.45) is 0.736. The number of hydrogen-bond donors (Lipinski definition) is 2. The van der Waals surface area contributed by atoms with Gasteiger partial charge >= 0.3 is 0 Å². The summed E-state index contributed by atoms with van der Waals surface area (Å²) in [5.74, 6) is 0.573. The minimum atomic E-state index is -1.68. The van der Waals surface area contributed by atoms with Crippen LogP contribution in [-0.2, 0) is 11.4 Å². The molecule has 1 aromatic carbocycles. The fourth-order valence-electron chi connectivity index (χ4n) is 3.27. The van der Waals surface area contributed by atoms with E-state index in [-0.39, 0.29) is 6.61 Å². The second-order valence-corrected chi connectivity index (χ2v) is 6.78. The van der Waals surface area contributed by atoms with Crippen LogP contribution in [0.3, 0.4) is 0 Å². The van der Waals surface area contributed by atoms with Crippen LogP contribution in [0.5, 0.6) is 0 Å². The van der Waals surface area contributed by atoms with Crippen molar-refractivity contribution in [3.8, 4) is 11.3 Å². The van der Waals surface area contributed by atoms with Crippen LogP contribution in [0, 0.1) is 0 Å². The molecule has 8 heteroatoms. The summed E-state index contributed by atoms with van der Waals surface area (Å²) >= 11 is 12.9. The summed E-state index contributed by atoms with van der Waals surface area (Å²) in [5.41, 5.74) is 1.75. The number of aldehydes is 1. The molecule has 0 aliphatic carbocycles. The zero-order chi connectivity index (χ0) is 18.2. The average molecular weight is 385 g/mol. The van der Waals surface area contributed by atoms with Gasteiger partial charge in [0.15, 0.2) is 4.87 Å². The lowest BCUT2D eigenvalue weighted by Crippen LogP contribution is -2.43. The van der Waals surface area contributed by atoms with Crippen LogP contribution in [-0.4, -0.2) is 43.7 Å². The molecule has 3 atom stereocenters. The first-order chi connectivity index (χ1) is 12.0. The van der Waals surface area contributed by atoms with Crippen LogP contribution in [0.15, 0.2) is 41.0 Å². The van der Waals surface area contributed by atoms with E-state index in [9.17, 15) is 15.0 Å². The number of alkyl halides is 1. The predicted molar refractivity (Wildman–Crippen MR) is 93.5 cm³/mol. The van der Waals surface area contributed by atoms with Crippen LogP contribution in [0.25, 0.3) is 11.3 Å². The van der Waals surface area contributed by atoms with Crippen molar-refractivity contribution in [1.29, 1.82) is 0 Å². The summed E-state index contributed by atoms with van der Waals surface area (Å²) in [4.78, 5) is 10.1. The van der Waals surface area contributed by atoms with E-state index >= 15 is 0 Å². The Morgan fingerprint density at radius 1 is 1.36 bits per heavy atom. The standard InChI is InChI=1S/C17H18Cl2N2O4/c1-2-20-16(24)17(18,10-23)15(21(20)19)12-6-3-5-11(13(12)9-22)14-7-4-8-25-14/h3-8,10,15-16,22,24H,2,9H2,1H3. The van der Waals surface area contributed by atoms with Gasteiger partial charge in [0.2, 0.25) is 0 Å². The minimum absolute atomic E-state index is 0.304. The van der Waals surface area contributed by atoms with Crippen molar-refractivity contribution in [3.63, 3.8) is 0 Å². The van der Waals surface area contributed by atoms with Gasteiger partial charge in [-0.3, -0.25) is 0 Å². The molecule has 1 aliphatic rings. The Kier molecular flexibility index (Phi) is 5.20. The van der Waals surface area contributed by atoms with Crippen molar-refractivity contribution >= 4 is 29.7 Å². The molecule has 0 saturated carbocycles. The van der Waals surface area contributed by atoms with Gasteiger partial charge < -0.3 is 19.4 Å². The number of halogens is 2. The first kappa shape index (κ1) is 18.4. The predicted octanol–water partition coefficient (Wildman–Crippen LogP) is 2.68. The van der Waals surface area contributed by atoms with Crippen molar-refractivity contribution < 1.29 is 19.4 Å². The second kappa shape index (κ2) is 7.07. The molecule has 3 unspecified atom stereocenters. The molecule has 1 saturated heterocycles. The molecule has 2 aromatic rings. The second-order valence-electron chi connectivity index (χ2n) is 5.77. The lowest BCUT2D eigenvalue weighted by Gasteiger charge is -2.28. The molecule has 3 rings (SSSR count). The van der Waals surface area contributed by atoms with Gasteiger partial charge in [-0.25, -0.2) is 0 Å². The number of carbonyl (C=O) groups excluding carboxylic acids is 1. The highest BCUT2D eigenvalue weighted by atomic mass is 35.5. The van der Waals surface area contributed by atoms with Crippen molar-refractivity contribution in [2.24, 2.45) is 0 Å². The summed E-state index contributed by atoms with van der Waals surface area (Å²) in [7, 11) is 0. The van der Waals surface area contributed by atoms with E-state index in [0.29, 0.717) is 35.3 Å². The molecule has 1 aromatic heterocycles. The SMILES string of the molecule is CCN1C(O)C(Cl)(C=O)C(c2cccc(-c3ccco3)c2CO)N1Cl. The Balaban J connectivity index is 2.18. The molecular weight excluding hydrogens is 367 g/mol. The molecule has 0 amide bonds. The molecule has 1 fully saturated rings. The maximum atomic E-state index is 11.8. The van der Waals surface area contributed by atoms with E-state index in [4.69, 9.17) is 27.8 Å². The fraction of sp³-hybridized carbons (Fsp3) is 0.353. The highest BCUT2D eigenvalue weighted by Crippen LogP contribution is 2.49. The molecule has 25 heavy (non-hydrogen) atoms. The molecule has 0 bridgehead atoms. The van der Waals surface area contributed by atoms with E-state index in [2.05, 4.69) is 0 Å². The van der Waals surface area contributed by atoms with E-state index < -0.39 is 17.1 Å². The van der Waals surface area contributed by atoms with E-state index in [1.807, 2.05) is 0 Å². The quantitative estimate of drug-likeness (QED) is 0.468. The molecule has 6 nitrogen and oxygen atoms in total. The first-order valence-corrected chi connectivity index (χ1v) is 8.52. The van der Waals surface area contributed by atoms with Gasteiger partial charge in [0.05, 0.1) is 18.9 Å². The molecule has 0 spiro atoms. The number of hydrogen-bond acceptors (Lipinski definition) is 6. The van der Waals surface area contributed by atoms with E-state index in [0.717, 1.165) is 0 Å². The van der Waals surface area contributed by atoms with Gasteiger partial charge in [-0.1, -0.05) is 25.1 Å². The molecule has 0 radical (unpaired) electrons. The minimum Gasteiger partial charge on any atom is -0.464 e. The number of rotatable bonds is 5. The van der Waals surface area contributed by atoms with Gasteiger partial charge in [-0.2, -0.15) is 5.01 Å². The maximum absolute atomic E-state index is 11.8. The number of aliphatic hydroxyl groups is 2. The average Bonchev–Trinajstić information content (AvgIpc) is 3.21. The summed E-state index contributed by atoms with van der Waals surface area (Å²) < 4.78 is 6.66. The van der Waals surface area contributed by atoms with Gasteiger partial charge in [-0.15, -0.1) is 16.1 Å². The third-order valence-electron chi connectivity index (χ3n) is 4.51. The Hall–Kier alpha value is -1.41. The van der Waals surface area contributed by atoms with Crippen molar-refractivity contribution in [1.82, 2.24) is 9.54 Å². The monoisotopic (exact) mass is 384 g/mol. The smallest absolute Gasteiger partial charge is 0.162 e. The maximum Gasteiger partial charge on any atom is 0.162 e. The lowest BCUT2D eigenvalue weighted by molar-refractivity contribution is -0.114. The number of furan rings is 1. The fourth-order valence-corrected chi connectivity index (χ4v) is 4.10. The largest absolute Gasteiger partial charge is 0.464 e. The van der Waals surface area contributed by atoms with Crippen LogP contribution in [0.4, 0.5) is 0 Å². The Morgan fingerprint density at radius 2 is 2.12 bits per heavy atom. The lowest BCUT2D eigenvalue weighted by atomic mass is 9.88. The number of benzene rings is 1. The summed E-state index contributed by atoms with van der Waals surface area (Å²) in [5, 5.41) is 21.8. The third kappa shape index (κ3) is 2.79. The first-order valence-electron chi connectivity index (χ1n) is 7.81. The molecule has 134 valence electrons.